The van der Waals surface area contributed by atoms with Crippen LogP contribution in [0.2, 0.25) is 0 Å². The number of aromatic nitrogens is 5. The van der Waals surface area contributed by atoms with Gasteiger partial charge in [0.1, 0.15) is 0 Å². The molecule has 13 rings (SSSR count). The molecule has 0 saturated carbocycles. The van der Waals surface area contributed by atoms with Gasteiger partial charge in [-0.1, -0.05) is 158 Å². The van der Waals surface area contributed by atoms with E-state index in [1.54, 1.807) is 0 Å². The molecule has 0 aliphatic heterocycles. The zero-order valence-electron chi connectivity index (χ0n) is 38.6. The maximum atomic E-state index is 9.83. The molecule has 3 heterocycles. The summed E-state index contributed by atoms with van der Waals surface area (Å²) in [6.45, 7) is 8.60. The highest BCUT2D eigenvalue weighted by atomic mass is 15.0. The van der Waals surface area contributed by atoms with Crippen LogP contribution in [0.25, 0.3) is 127 Å². The summed E-state index contributed by atoms with van der Waals surface area (Å²) in [5.41, 5.74) is 15.6. The number of hydrogen-bond acceptors (Lipinski definition) is 4. The second-order valence-corrected chi connectivity index (χ2v) is 17.8. The minimum absolute atomic E-state index is 0.387. The van der Waals surface area contributed by atoms with E-state index in [-0.39, 0.29) is 0 Å². The maximum absolute atomic E-state index is 9.83. The summed E-state index contributed by atoms with van der Waals surface area (Å²) in [4.78, 5) is 19.7. The van der Waals surface area contributed by atoms with Gasteiger partial charge in [0.25, 0.3) is 0 Å². The molecule has 0 amide bonds. The van der Waals surface area contributed by atoms with Crippen molar-refractivity contribution in [3.8, 4) is 85.0 Å². The fourth-order valence-electron chi connectivity index (χ4n) is 10.2. The zero-order valence-corrected chi connectivity index (χ0v) is 38.6. The van der Waals surface area contributed by atoms with Gasteiger partial charge < -0.3 is 9.13 Å². The Balaban J connectivity index is 0.983. The smallest absolute Gasteiger partial charge is 0.200 e. The Hall–Kier alpha value is -10.2. The summed E-state index contributed by atoms with van der Waals surface area (Å²) in [6.07, 6.45) is 0. The monoisotopic (exact) mass is 917 g/mol. The van der Waals surface area contributed by atoms with E-state index in [1.807, 2.05) is 78.9 Å². The van der Waals surface area contributed by atoms with Crippen LogP contribution in [0.3, 0.4) is 0 Å². The summed E-state index contributed by atoms with van der Waals surface area (Å²) in [5, 5.41) is 14.4. The number of rotatable bonds is 8. The first-order chi connectivity index (χ1) is 35.6. The van der Waals surface area contributed by atoms with Gasteiger partial charge in [-0.05, 0) is 112 Å². The van der Waals surface area contributed by atoms with Gasteiger partial charge in [0.15, 0.2) is 23.2 Å². The van der Waals surface area contributed by atoms with Crippen molar-refractivity contribution in [2.75, 3.05) is 0 Å². The molecule has 0 saturated heterocycles. The van der Waals surface area contributed by atoms with E-state index in [1.165, 1.54) is 0 Å². The Morgan fingerprint density at radius 3 is 1.33 bits per heavy atom. The van der Waals surface area contributed by atoms with Crippen LogP contribution >= 0.6 is 0 Å². The third-order valence-corrected chi connectivity index (χ3v) is 13.7. The largest absolute Gasteiger partial charge is 0.311 e. The Kier molecular flexibility index (Phi) is 10.1. The van der Waals surface area contributed by atoms with Crippen molar-refractivity contribution in [3.05, 3.63) is 254 Å². The van der Waals surface area contributed by atoms with E-state index in [9.17, 15) is 5.26 Å². The van der Waals surface area contributed by atoms with Crippen molar-refractivity contribution >= 4 is 49.3 Å². The number of benzene rings is 10. The van der Waals surface area contributed by atoms with Crippen LogP contribution in [0.5, 0.6) is 0 Å². The molecule has 0 aliphatic rings. The standard InChI is InChI=1S/C65H39N7/c1-67-58-40-50(72-60-24-14-12-22-52(60)57-38-48(30-36-62(57)72)44-17-7-3-8-18-44)32-34-54(58)65-69-63(46-19-9-4-10-20-46)68-64(70-65)53-33-31-49(39-55(53)45-27-25-42(41-66)26-28-45)71-59-23-13-11-21-51(59)56-37-47(29-35-61(56)71)43-15-5-2-6-16-43/h2-40H. The van der Waals surface area contributed by atoms with Crippen molar-refractivity contribution in [2.24, 2.45) is 0 Å². The molecule has 10 aromatic carbocycles. The second kappa shape index (κ2) is 17.4. The van der Waals surface area contributed by atoms with Crippen LogP contribution in [-0.2, 0) is 0 Å². The van der Waals surface area contributed by atoms with Gasteiger partial charge in [0, 0.05) is 49.6 Å². The van der Waals surface area contributed by atoms with Crippen molar-refractivity contribution < 1.29 is 0 Å². The number of para-hydroxylation sites is 2. The Labute approximate surface area is 415 Å². The number of fused-ring (bicyclic) bond motifs is 6. The van der Waals surface area contributed by atoms with Crippen LogP contribution in [-0.4, -0.2) is 24.1 Å². The molecular weight excluding hydrogens is 879 g/mol. The lowest BCUT2D eigenvalue weighted by atomic mass is 9.97. The van der Waals surface area contributed by atoms with Crippen molar-refractivity contribution in [1.82, 2.24) is 24.1 Å². The lowest BCUT2D eigenvalue weighted by molar-refractivity contribution is 1.07. The zero-order chi connectivity index (χ0) is 48.1. The van der Waals surface area contributed by atoms with E-state index in [2.05, 4.69) is 178 Å². The molecule has 13 aromatic rings. The van der Waals surface area contributed by atoms with Crippen molar-refractivity contribution in [2.45, 2.75) is 0 Å². The third kappa shape index (κ3) is 7.17. The Morgan fingerprint density at radius 1 is 0.347 bits per heavy atom. The third-order valence-electron chi connectivity index (χ3n) is 13.7. The molecule has 0 radical (unpaired) electrons. The molecule has 0 bridgehead atoms. The highest BCUT2D eigenvalue weighted by Gasteiger charge is 2.22. The van der Waals surface area contributed by atoms with Crippen LogP contribution < -0.4 is 0 Å². The van der Waals surface area contributed by atoms with Gasteiger partial charge in [0.2, 0.25) is 0 Å². The summed E-state index contributed by atoms with van der Waals surface area (Å²) in [6, 6.07) is 83.3. The average molecular weight is 918 g/mol. The molecule has 0 atom stereocenters. The number of hydrogen-bond donors (Lipinski definition) is 0. The molecule has 0 aliphatic carbocycles. The topological polar surface area (TPSA) is 76.7 Å². The van der Waals surface area contributed by atoms with Gasteiger partial charge in [-0.25, -0.2) is 19.8 Å². The van der Waals surface area contributed by atoms with Crippen LogP contribution in [0.15, 0.2) is 237 Å². The molecule has 334 valence electrons. The summed E-state index contributed by atoms with van der Waals surface area (Å²) >= 11 is 0. The summed E-state index contributed by atoms with van der Waals surface area (Å²) < 4.78 is 4.55. The normalized spacial score (nSPS) is 11.3. The number of nitriles is 1. The molecule has 7 heteroatoms. The fourth-order valence-corrected chi connectivity index (χ4v) is 10.2. The van der Waals surface area contributed by atoms with E-state index in [0.29, 0.717) is 34.3 Å². The molecule has 0 spiro atoms. The van der Waals surface area contributed by atoms with Gasteiger partial charge in [-0.15, -0.1) is 0 Å². The van der Waals surface area contributed by atoms with Crippen LogP contribution in [0.4, 0.5) is 5.69 Å². The van der Waals surface area contributed by atoms with Crippen molar-refractivity contribution in [3.63, 3.8) is 0 Å². The maximum Gasteiger partial charge on any atom is 0.200 e. The molecule has 3 aromatic heterocycles. The highest BCUT2D eigenvalue weighted by molar-refractivity contribution is 6.12. The molecule has 72 heavy (non-hydrogen) atoms. The van der Waals surface area contributed by atoms with Gasteiger partial charge in [-0.2, -0.15) is 5.26 Å². The summed E-state index contributed by atoms with van der Waals surface area (Å²) in [7, 11) is 0. The van der Waals surface area contributed by atoms with E-state index < -0.39 is 0 Å². The van der Waals surface area contributed by atoms with E-state index in [4.69, 9.17) is 21.5 Å². The average Bonchev–Trinajstić information content (AvgIpc) is 3.97. The quantitative estimate of drug-likeness (QED) is 0.142. The van der Waals surface area contributed by atoms with E-state index >= 15 is 0 Å². The molecular formula is C65H39N7. The number of nitrogens with zero attached hydrogens (tertiary/aromatic N) is 7. The predicted octanol–water partition coefficient (Wildman–Crippen LogP) is 16.5. The minimum Gasteiger partial charge on any atom is -0.311 e. The van der Waals surface area contributed by atoms with Gasteiger partial charge in [-0.3, -0.25) is 0 Å². The van der Waals surface area contributed by atoms with Crippen LogP contribution in [0, 0.1) is 17.9 Å². The van der Waals surface area contributed by atoms with Gasteiger partial charge in [0.05, 0.1) is 40.3 Å². The van der Waals surface area contributed by atoms with Crippen molar-refractivity contribution in [1.29, 1.82) is 5.26 Å². The van der Waals surface area contributed by atoms with Gasteiger partial charge >= 0.3 is 0 Å². The van der Waals surface area contributed by atoms with E-state index in [0.717, 1.165) is 99.5 Å². The molecule has 0 N–H and O–H groups in total. The molecule has 7 nitrogen and oxygen atoms in total. The Bertz CT molecular complexity index is 4330. The highest BCUT2D eigenvalue weighted by Crippen LogP contribution is 2.41. The predicted molar refractivity (Wildman–Crippen MR) is 292 cm³/mol. The second-order valence-electron chi connectivity index (χ2n) is 17.8. The Morgan fingerprint density at radius 2 is 0.792 bits per heavy atom. The lowest BCUT2D eigenvalue weighted by Gasteiger charge is -2.16. The van der Waals surface area contributed by atoms with Crippen LogP contribution in [0.1, 0.15) is 5.56 Å². The minimum atomic E-state index is 0.387. The summed E-state index contributed by atoms with van der Waals surface area (Å²) in [5.74, 6) is 1.33. The molecule has 0 unspecified atom stereocenters. The molecule has 0 fully saturated rings. The fraction of sp³-hybridized carbons (Fsp3) is 0. The first-order valence-electron chi connectivity index (χ1n) is 23.8. The lowest BCUT2D eigenvalue weighted by Crippen LogP contribution is -2.02. The SMILES string of the molecule is [C-]#[N+]c1cc(-n2c3ccccc3c3cc(-c4ccccc4)ccc32)ccc1-c1nc(-c2ccccc2)nc(-c2ccc(-n3c4ccccc4c4cc(-c5ccccc5)ccc43)cc2-c2ccc(C#N)cc2)n1. The first kappa shape index (κ1) is 41.9. The first-order valence-corrected chi connectivity index (χ1v) is 23.8.